The fourth-order valence-electron chi connectivity index (χ4n) is 3.25. The third-order valence-electron chi connectivity index (χ3n) is 4.79. The maximum atomic E-state index is 12.9. The highest BCUT2D eigenvalue weighted by Crippen LogP contribution is 2.38. The van der Waals surface area contributed by atoms with Crippen molar-refractivity contribution in [3.8, 4) is 0 Å². The lowest BCUT2D eigenvalue weighted by molar-refractivity contribution is 0.445. The van der Waals surface area contributed by atoms with Crippen molar-refractivity contribution in [3.05, 3.63) is 53.1 Å². The van der Waals surface area contributed by atoms with Gasteiger partial charge in [-0.3, -0.25) is 0 Å². The van der Waals surface area contributed by atoms with Crippen LogP contribution in [0.15, 0.2) is 57.2 Å². The predicted molar refractivity (Wildman–Crippen MR) is 116 cm³/mol. The molecule has 0 fully saturated rings. The smallest absolute Gasteiger partial charge is 0.207 e. The average molecular weight is 475 g/mol. The second-order valence-electron chi connectivity index (χ2n) is 6.55. The zero-order chi connectivity index (χ0) is 21.2. The number of sulfonamides is 2. The molecule has 158 valence electrons. The van der Waals surface area contributed by atoms with Gasteiger partial charge in [-0.15, -0.1) is 11.8 Å². The number of hydrogen-bond donors (Lipinski definition) is 1. The molecule has 0 aliphatic carbocycles. The van der Waals surface area contributed by atoms with E-state index in [0.717, 1.165) is 16.2 Å². The van der Waals surface area contributed by atoms with Crippen molar-refractivity contribution in [2.45, 2.75) is 41.0 Å². The second-order valence-corrected chi connectivity index (χ2v) is 11.8. The molecule has 1 aliphatic rings. The molecule has 29 heavy (non-hydrogen) atoms. The summed E-state index contributed by atoms with van der Waals surface area (Å²) in [5.41, 5.74) is 0.859. The summed E-state index contributed by atoms with van der Waals surface area (Å²) in [4.78, 5) is 1.11. The molecular formula is C19H23ClN2O4S3. The lowest BCUT2D eigenvalue weighted by Gasteiger charge is -2.26. The van der Waals surface area contributed by atoms with Gasteiger partial charge in [0.25, 0.3) is 0 Å². The van der Waals surface area contributed by atoms with Gasteiger partial charge in [-0.05, 0) is 60.2 Å². The minimum Gasteiger partial charge on any atom is -0.207 e. The van der Waals surface area contributed by atoms with E-state index < -0.39 is 20.0 Å². The summed E-state index contributed by atoms with van der Waals surface area (Å²) in [5, 5.41) is 0.557. The number of nitrogens with zero attached hydrogens (tertiary/aromatic N) is 1. The van der Waals surface area contributed by atoms with Crippen LogP contribution in [-0.4, -0.2) is 40.0 Å². The lowest BCUT2D eigenvalue weighted by atomic mass is 10.1. The summed E-state index contributed by atoms with van der Waals surface area (Å²) in [6, 6.07) is 10.4. The van der Waals surface area contributed by atoms with E-state index in [4.69, 9.17) is 11.6 Å². The van der Waals surface area contributed by atoms with Crippen LogP contribution in [0.2, 0.25) is 5.02 Å². The molecule has 2 aromatic carbocycles. The zero-order valence-corrected chi connectivity index (χ0v) is 19.3. The van der Waals surface area contributed by atoms with Crippen LogP contribution in [0.1, 0.15) is 31.9 Å². The van der Waals surface area contributed by atoms with E-state index >= 15 is 0 Å². The van der Waals surface area contributed by atoms with E-state index in [1.807, 2.05) is 6.07 Å². The van der Waals surface area contributed by atoms with Crippen LogP contribution in [0.3, 0.4) is 0 Å². The molecular weight excluding hydrogens is 452 g/mol. The minimum atomic E-state index is -3.82. The molecule has 3 rings (SSSR count). The molecule has 0 saturated carbocycles. The van der Waals surface area contributed by atoms with Crippen LogP contribution in [0.25, 0.3) is 0 Å². The van der Waals surface area contributed by atoms with Gasteiger partial charge in [0.05, 0.1) is 9.79 Å². The maximum Gasteiger partial charge on any atom is 0.243 e. The van der Waals surface area contributed by atoms with Crippen molar-refractivity contribution in [2.75, 3.05) is 18.8 Å². The fraction of sp³-hybridized carbons (Fsp3) is 0.368. The Labute approximate surface area is 181 Å². The molecule has 0 amide bonds. The molecule has 10 heteroatoms. The first-order valence-corrected chi connectivity index (χ1v) is 13.5. The SMILES string of the molecule is CCN(CC)S(=O)(=O)c1ccc(S(=O)(=O)NC2CCSc3ccc(Cl)cc32)cc1. The predicted octanol–water partition coefficient (Wildman–Crippen LogP) is 3.89. The van der Waals surface area contributed by atoms with Crippen LogP contribution in [0, 0.1) is 0 Å². The zero-order valence-electron chi connectivity index (χ0n) is 16.1. The van der Waals surface area contributed by atoms with E-state index in [1.54, 1.807) is 37.7 Å². The van der Waals surface area contributed by atoms with Gasteiger partial charge in [-0.2, -0.15) is 4.31 Å². The third kappa shape index (κ3) is 4.81. The van der Waals surface area contributed by atoms with Gasteiger partial charge in [-0.25, -0.2) is 21.6 Å². The van der Waals surface area contributed by atoms with Gasteiger partial charge in [0, 0.05) is 29.0 Å². The van der Waals surface area contributed by atoms with E-state index in [-0.39, 0.29) is 15.8 Å². The molecule has 0 bridgehead atoms. The Hall–Kier alpha value is -1.10. The van der Waals surface area contributed by atoms with Gasteiger partial charge in [0.15, 0.2) is 0 Å². The van der Waals surface area contributed by atoms with Crippen molar-refractivity contribution in [2.24, 2.45) is 0 Å². The van der Waals surface area contributed by atoms with Crippen molar-refractivity contribution in [1.82, 2.24) is 9.03 Å². The Kier molecular flexibility index (Phi) is 6.97. The van der Waals surface area contributed by atoms with E-state index in [9.17, 15) is 16.8 Å². The van der Waals surface area contributed by atoms with Crippen molar-refractivity contribution < 1.29 is 16.8 Å². The topological polar surface area (TPSA) is 83.6 Å². The molecule has 6 nitrogen and oxygen atoms in total. The number of halogens is 1. The van der Waals surface area contributed by atoms with Crippen LogP contribution in [-0.2, 0) is 20.0 Å². The van der Waals surface area contributed by atoms with E-state index in [0.29, 0.717) is 24.5 Å². The molecule has 0 aromatic heterocycles. The Balaban J connectivity index is 1.86. The van der Waals surface area contributed by atoms with E-state index in [1.165, 1.54) is 28.6 Å². The van der Waals surface area contributed by atoms with E-state index in [2.05, 4.69) is 4.72 Å². The minimum absolute atomic E-state index is 0.0257. The van der Waals surface area contributed by atoms with Crippen molar-refractivity contribution in [3.63, 3.8) is 0 Å². The summed E-state index contributed by atoms with van der Waals surface area (Å²) < 4.78 is 55.0. The van der Waals surface area contributed by atoms with Gasteiger partial charge in [-0.1, -0.05) is 25.4 Å². The number of fused-ring (bicyclic) bond motifs is 1. The Morgan fingerprint density at radius 3 is 2.28 bits per heavy atom. The summed E-state index contributed by atoms with van der Waals surface area (Å²) in [6.45, 7) is 4.22. The molecule has 2 aromatic rings. The average Bonchev–Trinajstić information content (AvgIpc) is 2.69. The van der Waals surface area contributed by atoms with Crippen molar-refractivity contribution >= 4 is 43.4 Å². The Morgan fingerprint density at radius 2 is 1.66 bits per heavy atom. The number of rotatable bonds is 7. The standard InChI is InChI=1S/C19H23ClN2O4S3/c1-3-22(4-2)29(25,26)16-8-6-15(7-9-16)28(23,24)21-18-11-12-27-19-10-5-14(20)13-17(18)19/h5-10,13,18,21H,3-4,11-12H2,1-2H3. The first-order valence-electron chi connectivity index (χ1n) is 9.24. The van der Waals surface area contributed by atoms with Crippen LogP contribution >= 0.6 is 23.4 Å². The summed E-state index contributed by atoms with van der Waals surface area (Å²) in [6.07, 6.45) is 0.645. The second kappa shape index (κ2) is 8.95. The molecule has 0 spiro atoms. The Bertz CT molecular complexity index is 1080. The number of hydrogen-bond acceptors (Lipinski definition) is 5. The van der Waals surface area contributed by atoms with Crippen LogP contribution in [0.5, 0.6) is 0 Å². The monoisotopic (exact) mass is 474 g/mol. The van der Waals surface area contributed by atoms with Crippen molar-refractivity contribution in [1.29, 1.82) is 0 Å². The number of benzene rings is 2. The van der Waals surface area contributed by atoms with Crippen LogP contribution in [0.4, 0.5) is 0 Å². The highest BCUT2D eigenvalue weighted by Gasteiger charge is 2.27. The molecule has 1 aliphatic heterocycles. The maximum absolute atomic E-state index is 12.9. The normalized spacial score (nSPS) is 17.3. The summed E-state index contributed by atoms with van der Waals surface area (Å²) in [5.74, 6) is 0.795. The van der Waals surface area contributed by atoms with Gasteiger partial charge in [0.2, 0.25) is 20.0 Å². The Morgan fingerprint density at radius 1 is 1.03 bits per heavy atom. The third-order valence-corrected chi connectivity index (χ3v) is 9.70. The lowest BCUT2D eigenvalue weighted by Crippen LogP contribution is -2.31. The largest absolute Gasteiger partial charge is 0.243 e. The van der Waals surface area contributed by atoms with Gasteiger partial charge < -0.3 is 0 Å². The van der Waals surface area contributed by atoms with Crippen LogP contribution < -0.4 is 4.72 Å². The number of thioether (sulfide) groups is 1. The fourth-order valence-corrected chi connectivity index (χ4v) is 7.24. The first-order chi connectivity index (χ1) is 13.7. The molecule has 1 atom stereocenters. The highest BCUT2D eigenvalue weighted by molar-refractivity contribution is 7.99. The van der Waals surface area contributed by atoms with Gasteiger partial charge in [0.1, 0.15) is 0 Å². The summed E-state index contributed by atoms with van der Waals surface area (Å²) >= 11 is 7.76. The molecule has 0 radical (unpaired) electrons. The molecule has 1 heterocycles. The summed E-state index contributed by atoms with van der Waals surface area (Å²) in [7, 11) is -7.45. The molecule has 0 saturated heterocycles. The number of nitrogens with one attached hydrogen (secondary N) is 1. The highest BCUT2D eigenvalue weighted by atomic mass is 35.5. The first kappa shape index (κ1) is 22.6. The van der Waals surface area contributed by atoms with Gasteiger partial charge >= 0.3 is 0 Å². The molecule has 1 unspecified atom stereocenters. The quantitative estimate of drug-likeness (QED) is 0.658. The molecule has 1 N–H and O–H groups in total.